The molecule has 3 heteroatoms. The van der Waals surface area contributed by atoms with Crippen LogP contribution in [0.4, 0.5) is 0 Å². The molecule has 1 aromatic heterocycles. The van der Waals surface area contributed by atoms with Crippen LogP contribution in [-0.2, 0) is 4.79 Å². The minimum absolute atomic E-state index is 0.312. The summed E-state index contributed by atoms with van der Waals surface area (Å²) in [4.78, 5) is 11.0. The van der Waals surface area contributed by atoms with Crippen LogP contribution < -0.4 is 0 Å². The third-order valence-electron chi connectivity index (χ3n) is 2.33. The van der Waals surface area contributed by atoms with Gasteiger partial charge in [0.2, 0.25) is 0 Å². The molecule has 64 valence electrons. The van der Waals surface area contributed by atoms with Gasteiger partial charge in [-0.1, -0.05) is 0 Å². The Kier molecular flexibility index (Phi) is 2.09. The summed E-state index contributed by atoms with van der Waals surface area (Å²) in [6.07, 6.45) is 1.05. The second-order valence-electron chi connectivity index (χ2n) is 3.24. The molecule has 0 radical (unpaired) electrons. The fourth-order valence-corrected chi connectivity index (χ4v) is 2.77. The van der Waals surface area contributed by atoms with Crippen molar-refractivity contribution in [3.63, 3.8) is 0 Å². The second kappa shape index (κ2) is 2.96. The number of hydrogen-bond acceptors (Lipinski definition) is 2. The van der Waals surface area contributed by atoms with Gasteiger partial charge in [-0.3, -0.25) is 4.79 Å². The van der Waals surface area contributed by atoms with E-state index in [0.717, 1.165) is 10.2 Å². The maximum Gasteiger partial charge on any atom is 0.133 e. The van der Waals surface area contributed by atoms with Crippen LogP contribution in [0.1, 0.15) is 24.8 Å². The van der Waals surface area contributed by atoms with E-state index in [0.29, 0.717) is 17.6 Å². The fourth-order valence-electron chi connectivity index (χ4n) is 1.53. The van der Waals surface area contributed by atoms with Gasteiger partial charge in [0.25, 0.3) is 0 Å². The van der Waals surface area contributed by atoms with Crippen molar-refractivity contribution in [3.8, 4) is 0 Å². The number of Topliss-reactive ketones (excluding diaryl/α,β-unsaturated/α-hetero) is 1. The number of carbonyl (C=O) groups is 1. The molecule has 0 saturated heterocycles. The van der Waals surface area contributed by atoms with E-state index < -0.39 is 0 Å². The SMILES string of the molecule is CC(=O)C1CC1c1csc(Br)c1. The first kappa shape index (κ1) is 8.45. The summed E-state index contributed by atoms with van der Waals surface area (Å²) in [6, 6.07) is 2.12. The monoisotopic (exact) mass is 244 g/mol. The summed E-state index contributed by atoms with van der Waals surface area (Å²) in [5, 5.41) is 2.14. The highest BCUT2D eigenvalue weighted by atomic mass is 79.9. The van der Waals surface area contributed by atoms with Gasteiger partial charge in [0.1, 0.15) is 5.78 Å². The summed E-state index contributed by atoms with van der Waals surface area (Å²) in [7, 11) is 0. The van der Waals surface area contributed by atoms with Crippen molar-refractivity contribution in [1.29, 1.82) is 0 Å². The van der Waals surface area contributed by atoms with E-state index in [1.54, 1.807) is 18.3 Å². The number of carbonyl (C=O) groups excluding carboxylic acids is 1. The summed E-state index contributed by atoms with van der Waals surface area (Å²) >= 11 is 5.11. The largest absolute Gasteiger partial charge is 0.300 e. The van der Waals surface area contributed by atoms with Crippen molar-refractivity contribution in [2.45, 2.75) is 19.3 Å². The average molecular weight is 245 g/mol. The van der Waals surface area contributed by atoms with Crippen molar-refractivity contribution in [2.75, 3.05) is 0 Å². The summed E-state index contributed by atoms with van der Waals surface area (Å²) in [6.45, 7) is 1.69. The highest BCUT2D eigenvalue weighted by Gasteiger charge is 2.41. The lowest BCUT2D eigenvalue weighted by Crippen LogP contribution is -1.93. The molecule has 0 N–H and O–H groups in total. The molecule has 2 rings (SSSR count). The van der Waals surface area contributed by atoms with Crippen LogP contribution in [0.2, 0.25) is 0 Å². The van der Waals surface area contributed by atoms with Crippen LogP contribution in [0.15, 0.2) is 15.2 Å². The van der Waals surface area contributed by atoms with Gasteiger partial charge >= 0.3 is 0 Å². The first-order valence-electron chi connectivity index (χ1n) is 3.93. The average Bonchev–Trinajstić information content (AvgIpc) is 2.70. The van der Waals surface area contributed by atoms with Crippen LogP contribution in [0.3, 0.4) is 0 Å². The van der Waals surface area contributed by atoms with Crippen molar-refractivity contribution in [1.82, 2.24) is 0 Å². The Morgan fingerprint density at radius 3 is 2.92 bits per heavy atom. The number of hydrogen-bond donors (Lipinski definition) is 0. The van der Waals surface area contributed by atoms with Crippen LogP contribution in [0.5, 0.6) is 0 Å². The summed E-state index contributed by atoms with van der Waals surface area (Å²) < 4.78 is 1.16. The molecular formula is C9H9BrOS. The van der Waals surface area contributed by atoms with Crippen molar-refractivity contribution < 1.29 is 4.79 Å². The Morgan fingerprint density at radius 2 is 2.50 bits per heavy atom. The smallest absolute Gasteiger partial charge is 0.133 e. The van der Waals surface area contributed by atoms with Crippen LogP contribution in [-0.4, -0.2) is 5.78 Å². The molecule has 2 atom stereocenters. The quantitative estimate of drug-likeness (QED) is 0.781. The third kappa shape index (κ3) is 1.48. The Bertz CT molecular complexity index is 318. The van der Waals surface area contributed by atoms with Gasteiger partial charge in [-0.05, 0) is 52.2 Å². The predicted molar refractivity (Wildman–Crippen MR) is 53.5 cm³/mol. The van der Waals surface area contributed by atoms with E-state index in [1.165, 1.54) is 5.56 Å². The molecule has 12 heavy (non-hydrogen) atoms. The van der Waals surface area contributed by atoms with Crippen LogP contribution in [0, 0.1) is 5.92 Å². The molecule has 1 fully saturated rings. The lowest BCUT2D eigenvalue weighted by molar-refractivity contribution is -0.118. The zero-order chi connectivity index (χ0) is 8.72. The number of ketones is 1. The van der Waals surface area contributed by atoms with Gasteiger partial charge in [-0.25, -0.2) is 0 Å². The van der Waals surface area contributed by atoms with Crippen molar-refractivity contribution in [3.05, 3.63) is 20.8 Å². The summed E-state index contributed by atoms with van der Waals surface area (Å²) in [5.74, 6) is 1.17. The lowest BCUT2D eigenvalue weighted by atomic mass is 10.1. The van der Waals surface area contributed by atoms with E-state index in [9.17, 15) is 4.79 Å². The molecule has 0 aromatic carbocycles. The molecule has 1 saturated carbocycles. The van der Waals surface area contributed by atoms with Crippen LogP contribution >= 0.6 is 27.3 Å². The Labute approximate surface area is 83.9 Å². The zero-order valence-electron chi connectivity index (χ0n) is 6.71. The van der Waals surface area contributed by atoms with E-state index in [4.69, 9.17) is 0 Å². The van der Waals surface area contributed by atoms with E-state index in [1.807, 2.05) is 0 Å². The number of rotatable bonds is 2. The van der Waals surface area contributed by atoms with Gasteiger partial charge in [0.05, 0.1) is 3.79 Å². The topological polar surface area (TPSA) is 17.1 Å². The minimum atomic E-state index is 0.312. The van der Waals surface area contributed by atoms with E-state index in [2.05, 4.69) is 27.4 Å². The molecular weight excluding hydrogens is 236 g/mol. The molecule has 0 spiro atoms. The molecule has 1 nitrogen and oxygen atoms in total. The predicted octanol–water partition coefficient (Wildman–Crippen LogP) is 3.20. The van der Waals surface area contributed by atoms with Gasteiger partial charge in [-0.15, -0.1) is 11.3 Å². The van der Waals surface area contributed by atoms with E-state index in [-0.39, 0.29) is 0 Å². The second-order valence-corrected chi connectivity index (χ2v) is 5.53. The van der Waals surface area contributed by atoms with Gasteiger partial charge in [0, 0.05) is 5.92 Å². The molecule has 1 heterocycles. The highest BCUT2D eigenvalue weighted by molar-refractivity contribution is 9.11. The number of halogens is 1. The fraction of sp³-hybridized carbons (Fsp3) is 0.444. The summed E-state index contributed by atoms with van der Waals surface area (Å²) in [5.41, 5.74) is 1.33. The molecule has 0 amide bonds. The molecule has 1 aromatic rings. The molecule has 0 aliphatic heterocycles. The Hall–Kier alpha value is -0.150. The zero-order valence-corrected chi connectivity index (χ0v) is 9.11. The van der Waals surface area contributed by atoms with E-state index >= 15 is 0 Å². The Balaban J connectivity index is 2.10. The Morgan fingerprint density at radius 1 is 1.75 bits per heavy atom. The van der Waals surface area contributed by atoms with Crippen molar-refractivity contribution in [2.24, 2.45) is 5.92 Å². The first-order valence-corrected chi connectivity index (χ1v) is 5.60. The standard InChI is InChI=1S/C9H9BrOS/c1-5(11)7-3-8(7)6-2-9(10)12-4-6/h2,4,7-8H,3H2,1H3. The normalized spacial score (nSPS) is 27.2. The lowest BCUT2D eigenvalue weighted by Gasteiger charge is -1.90. The highest BCUT2D eigenvalue weighted by Crippen LogP contribution is 2.49. The number of thiophene rings is 1. The minimum Gasteiger partial charge on any atom is -0.300 e. The molecule has 1 aliphatic rings. The van der Waals surface area contributed by atoms with Crippen LogP contribution in [0.25, 0.3) is 0 Å². The van der Waals surface area contributed by atoms with Gasteiger partial charge in [0.15, 0.2) is 0 Å². The van der Waals surface area contributed by atoms with Gasteiger partial charge in [-0.2, -0.15) is 0 Å². The first-order chi connectivity index (χ1) is 5.68. The van der Waals surface area contributed by atoms with Gasteiger partial charge < -0.3 is 0 Å². The van der Waals surface area contributed by atoms with Crippen molar-refractivity contribution >= 4 is 33.0 Å². The maximum atomic E-state index is 11.0. The third-order valence-corrected chi connectivity index (χ3v) is 3.85. The molecule has 0 bridgehead atoms. The maximum absolute atomic E-state index is 11.0. The molecule has 2 unspecified atom stereocenters. The molecule has 1 aliphatic carbocycles.